The number of halogens is 1. The number of carbonyl (C=O) groups is 2. The topological polar surface area (TPSA) is 141 Å². The third-order valence-corrected chi connectivity index (χ3v) is 6.54. The van der Waals surface area contributed by atoms with Crippen LogP contribution in [0, 0.1) is 4.77 Å². The zero-order valence-corrected chi connectivity index (χ0v) is 18.6. The maximum atomic E-state index is 13.2. The minimum atomic E-state index is -4.14. The van der Waals surface area contributed by atoms with Crippen LogP contribution in [0.15, 0.2) is 65.6 Å². The van der Waals surface area contributed by atoms with Gasteiger partial charge in [-0.3, -0.25) is 14.2 Å². The van der Waals surface area contributed by atoms with Crippen LogP contribution in [0.3, 0.4) is 0 Å². The van der Waals surface area contributed by atoms with Gasteiger partial charge in [0.05, 0.1) is 21.7 Å². The zero-order valence-electron chi connectivity index (χ0n) is 16.2. The minimum Gasteiger partial charge on any atom is -0.396 e. The molecular weight excluding hydrogens is 472 g/mol. The van der Waals surface area contributed by atoms with E-state index < -0.39 is 15.9 Å². The molecule has 3 aromatic carbocycles. The Morgan fingerprint density at radius 1 is 1.00 bits per heavy atom. The number of rotatable bonds is 4. The normalized spacial score (nSPS) is 11.6. The number of ketones is 1. The van der Waals surface area contributed by atoms with Gasteiger partial charge in [0.1, 0.15) is 4.90 Å². The quantitative estimate of drug-likeness (QED) is 0.229. The number of sulfonamides is 1. The number of nitrogens with zero attached hydrogens (tertiary/aromatic N) is 1. The molecule has 0 saturated heterocycles. The highest BCUT2D eigenvalue weighted by Gasteiger charge is 2.22. The van der Waals surface area contributed by atoms with Gasteiger partial charge in [0.15, 0.2) is 10.6 Å². The lowest BCUT2D eigenvalue weighted by Gasteiger charge is -2.09. The number of carbonyl (C=O) groups excluding carboxylic acids is 2. The molecule has 8 nitrogen and oxygen atoms in total. The molecule has 4 aromatic rings. The largest absolute Gasteiger partial charge is 0.396 e. The van der Waals surface area contributed by atoms with Gasteiger partial charge in [0, 0.05) is 16.7 Å². The van der Waals surface area contributed by atoms with Gasteiger partial charge in [-0.1, -0.05) is 41.9 Å². The van der Waals surface area contributed by atoms with Crippen LogP contribution >= 0.6 is 23.8 Å². The van der Waals surface area contributed by atoms with Crippen molar-refractivity contribution in [2.45, 2.75) is 4.90 Å². The molecule has 1 heterocycles. The van der Waals surface area contributed by atoms with Crippen molar-refractivity contribution in [3.05, 3.63) is 87.1 Å². The molecule has 0 radical (unpaired) electrons. The predicted molar refractivity (Wildman–Crippen MR) is 124 cm³/mol. The summed E-state index contributed by atoms with van der Waals surface area (Å²) in [5, 5.41) is 5.06. The van der Waals surface area contributed by atoms with Crippen molar-refractivity contribution in [1.82, 2.24) is 9.55 Å². The Balaban J connectivity index is 1.84. The van der Waals surface area contributed by atoms with E-state index in [1.165, 1.54) is 18.2 Å². The van der Waals surface area contributed by atoms with Crippen LogP contribution in [-0.4, -0.2) is 29.7 Å². The summed E-state index contributed by atoms with van der Waals surface area (Å²) >= 11 is 11.2. The molecule has 0 aliphatic rings. The van der Waals surface area contributed by atoms with E-state index in [4.69, 9.17) is 34.7 Å². The van der Waals surface area contributed by atoms with E-state index in [1.54, 1.807) is 36.4 Å². The highest BCUT2D eigenvalue weighted by atomic mass is 35.5. The Morgan fingerprint density at radius 2 is 1.69 bits per heavy atom. The van der Waals surface area contributed by atoms with Gasteiger partial charge < -0.3 is 10.7 Å². The summed E-state index contributed by atoms with van der Waals surface area (Å²) in [6.45, 7) is 0. The monoisotopic (exact) mass is 486 g/mol. The SMILES string of the molecule is Nc1c(C(=O)c2ccccc2)ccc2c1[nH]c(=S)n2C(=O)c1ccc(Cl)c(S(N)(=O)=O)c1. The van der Waals surface area contributed by atoms with Crippen LogP contribution in [0.1, 0.15) is 26.3 Å². The van der Waals surface area contributed by atoms with Gasteiger partial charge >= 0.3 is 0 Å². The molecule has 1 aromatic heterocycles. The molecule has 0 atom stereocenters. The second kappa shape index (κ2) is 7.99. The van der Waals surface area contributed by atoms with Crippen molar-refractivity contribution in [2.75, 3.05) is 5.73 Å². The first kappa shape index (κ1) is 21.9. The van der Waals surface area contributed by atoms with E-state index in [0.29, 0.717) is 16.6 Å². The number of primary sulfonamides is 1. The molecule has 0 aliphatic carbocycles. The second-order valence-electron chi connectivity index (χ2n) is 6.88. The minimum absolute atomic E-state index is 0.00145. The van der Waals surface area contributed by atoms with Gasteiger partial charge in [0.2, 0.25) is 10.0 Å². The number of aromatic nitrogens is 2. The number of hydrogen-bond donors (Lipinski definition) is 3. The molecule has 5 N–H and O–H groups in total. The number of benzene rings is 3. The maximum Gasteiger partial charge on any atom is 0.264 e. The molecule has 11 heteroatoms. The summed E-state index contributed by atoms with van der Waals surface area (Å²) < 4.78 is 24.7. The van der Waals surface area contributed by atoms with Gasteiger partial charge in [-0.05, 0) is 42.5 Å². The smallest absolute Gasteiger partial charge is 0.264 e. The summed E-state index contributed by atoms with van der Waals surface area (Å²) in [5.74, 6) is -0.900. The fraction of sp³-hybridized carbons (Fsp3) is 0. The summed E-state index contributed by atoms with van der Waals surface area (Å²) in [4.78, 5) is 28.5. The number of aromatic amines is 1. The molecule has 0 saturated carbocycles. The summed E-state index contributed by atoms with van der Waals surface area (Å²) in [7, 11) is -4.14. The third kappa shape index (κ3) is 3.73. The first-order valence-corrected chi connectivity index (χ1v) is 11.4. The third-order valence-electron chi connectivity index (χ3n) is 4.87. The van der Waals surface area contributed by atoms with Crippen molar-refractivity contribution in [1.29, 1.82) is 0 Å². The lowest BCUT2D eigenvalue weighted by Crippen LogP contribution is -2.16. The highest BCUT2D eigenvalue weighted by molar-refractivity contribution is 7.89. The number of fused-ring (bicyclic) bond motifs is 1. The Morgan fingerprint density at radius 3 is 2.34 bits per heavy atom. The standard InChI is InChI=1S/C21H15ClN4O4S2/c22-14-8-6-12(10-16(14)32(24,29)30)20(28)26-15-9-7-13(17(23)18(15)25-21(26)31)19(27)11-4-2-1-3-5-11/h1-10H,23H2,(H,25,31)(H2,24,29,30). The summed E-state index contributed by atoms with van der Waals surface area (Å²) in [6, 6.07) is 15.4. The number of imidazole rings is 1. The summed E-state index contributed by atoms with van der Waals surface area (Å²) in [6.07, 6.45) is 0. The van der Waals surface area contributed by atoms with Crippen LogP contribution < -0.4 is 10.9 Å². The van der Waals surface area contributed by atoms with Crippen molar-refractivity contribution in [3.63, 3.8) is 0 Å². The van der Waals surface area contributed by atoms with Gasteiger partial charge in [-0.2, -0.15) is 0 Å². The molecule has 162 valence electrons. The molecule has 0 aliphatic heterocycles. The van der Waals surface area contributed by atoms with E-state index in [9.17, 15) is 18.0 Å². The van der Waals surface area contributed by atoms with Crippen LogP contribution in [0.5, 0.6) is 0 Å². The Hall–Kier alpha value is -3.31. The Kier molecular flexibility index (Phi) is 5.47. The van der Waals surface area contributed by atoms with Crippen molar-refractivity contribution >= 4 is 62.3 Å². The summed E-state index contributed by atoms with van der Waals surface area (Å²) in [5.41, 5.74) is 7.73. The van der Waals surface area contributed by atoms with E-state index in [0.717, 1.165) is 10.6 Å². The Bertz CT molecular complexity index is 1570. The molecule has 0 fully saturated rings. The highest BCUT2D eigenvalue weighted by Crippen LogP contribution is 2.28. The molecule has 4 rings (SSSR count). The first-order chi connectivity index (χ1) is 15.1. The van der Waals surface area contributed by atoms with Crippen molar-refractivity contribution in [3.8, 4) is 0 Å². The molecule has 0 amide bonds. The van der Waals surface area contributed by atoms with E-state index >= 15 is 0 Å². The first-order valence-electron chi connectivity index (χ1n) is 9.09. The number of nitrogens with one attached hydrogen (secondary N) is 1. The second-order valence-corrected chi connectivity index (χ2v) is 9.20. The van der Waals surface area contributed by atoms with Gasteiger partial charge in [0.25, 0.3) is 5.91 Å². The number of nitrogens with two attached hydrogens (primary N) is 2. The van der Waals surface area contributed by atoms with E-state index in [1.807, 2.05) is 0 Å². The molecular formula is C21H15ClN4O4S2. The maximum absolute atomic E-state index is 13.2. The van der Waals surface area contributed by atoms with Crippen molar-refractivity contribution < 1.29 is 18.0 Å². The van der Waals surface area contributed by atoms with Gasteiger partial charge in [-0.25, -0.2) is 13.6 Å². The van der Waals surface area contributed by atoms with Crippen molar-refractivity contribution in [2.24, 2.45) is 5.14 Å². The Labute approximate surface area is 192 Å². The fourth-order valence-electron chi connectivity index (χ4n) is 3.33. The fourth-order valence-corrected chi connectivity index (χ4v) is 4.68. The van der Waals surface area contributed by atoms with E-state index in [-0.39, 0.29) is 37.3 Å². The lowest BCUT2D eigenvalue weighted by molar-refractivity contribution is 0.0962. The molecule has 0 unspecified atom stereocenters. The number of hydrogen-bond acceptors (Lipinski definition) is 6. The number of nitrogen functional groups attached to an aromatic ring is 1. The molecule has 32 heavy (non-hydrogen) atoms. The van der Waals surface area contributed by atoms with E-state index in [2.05, 4.69) is 4.98 Å². The molecule has 0 bridgehead atoms. The van der Waals surface area contributed by atoms with Crippen LogP contribution in [-0.2, 0) is 10.0 Å². The predicted octanol–water partition coefficient (Wildman–Crippen LogP) is 3.50. The van der Waals surface area contributed by atoms with Crippen LogP contribution in [0.25, 0.3) is 11.0 Å². The average Bonchev–Trinajstić information content (AvgIpc) is 3.10. The zero-order chi connectivity index (χ0) is 23.2. The van der Waals surface area contributed by atoms with Gasteiger partial charge in [-0.15, -0.1) is 0 Å². The van der Waals surface area contributed by atoms with Crippen LogP contribution in [0.2, 0.25) is 5.02 Å². The average molecular weight is 487 g/mol. The number of anilines is 1. The lowest BCUT2D eigenvalue weighted by atomic mass is 10.0. The van der Waals surface area contributed by atoms with Crippen LogP contribution in [0.4, 0.5) is 5.69 Å². The number of H-pyrrole nitrogens is 1. The molecule has 0 spiro atoms.